The quantitative estimate of drug-likeness (QED) is 0.633. The molecule has 0 saturated heterocycles. The molecule has 2 nitrogen and oxygen atoms in total. The second-order valence-electron chi connectivity index (χ2n) is 4.90. The molecule has 1 N–H and O–H groups in total. The van der Waals surface area contributed by atoms with Crippen molar-refractivity contribution in [2.75, 3.05) is 13.7 Å². The molecule has 0 aliphatic carbocycles. The maximum Gasteiger partial charge on any atom is 0.124 e. The van der Waals surface area contributed by atoms with E-state index < -0.39 is 0 Å². The van der Waals surface area contributed by atoms with E-state index in [0.29, 0.717) is 0 Å². The van der Waals surface area contributed by atoms with Crippen LogP contribution in [0.4, 0.5) is 0 Å². The fourth-order valence-corrected chi connectivity index (χ4v) is 4.42. The number of rotatable bonds is 6. The van der Waals surface area contributed by atoms with E-state index >= 15 is 0 Å². The first-order chi connectivity index (χ1) is 10.1. The standard InChI is InChI=1S/C16H19Br2NOS/c1-4-7-19-15(14-9-12(17)16(18)21-14)11-8-10(2)5-6-13(11)20-3/h5-6,8-9,15,19H,4,7H2,1-3H3. The van der Waals surface area contributed by atoms with Crippen LogP contribution in [0.3, 0.4) is 0 Å². The molecule has 2 aromatic rings. The lowest BCUT2D eigenvalue weighted by Crippen LogP contribution is -2.23. The lowest BCUT2D eigenvalue weighted by molar-refractivity contribution is 0.404. The van der Waals surface area contributed by atoms with Crippen LogP contribution < -0.4 is 10.1 Å². The summed E-state index contributed by atoms with van der Waals surface area (Å²) in [4.78, 5) is 1.27. The Bertz CT molecular complexity index is 593. The van der Waals surface area contributed by atoms with Gasteiger partial charge in [0.2, 0.25) is 0 Å². The average molecular weight is 433 g/mol. The van der Waals surface area contributed by atoms with Crippen LogP contribution in [0.1, 0.15) is 35.4 Å². The maximum absolute atomic E-state index is 5.56. The molecule has 5 heteroatoms. The molecule has 114 valence electrons. The smallest absolute Gasteiger partial charge is 0.124 e. The fourth-order valence-electron chi connectivity index (χ4n) is 2.24. The predicted molar refractivity (Wildman–Crippen MR) is 97.6 cm³/mol. The molecular weight excluding hydrogens is 414 g/mol. The van der Waals surface area contributed by atoms with Gasteiger partial charge in [0.15, 0.2) is 0 Å². The zero-order valence-electron chi connectivity index (χ0n) is 12.4. The third-order valence-electron chi connectivity index (χ3n) is 3.24. The van der Waals surface area contributed by atoms with Crippen molar-refractivity contribution < 1.29 is 4.74 Å². The predicted octanol–water partition coefficient (Wildman–Crippen LogP) is 5.68. The van der Waals surface area contributed by atoms with Crippen LogP contribution in [0.5, 0.6) is 5.75 Å². The van der Waals surface area contributed by atoms with Crippen LogP contribution in [-0.2, 0) is 0 Å². The maximum atomic E-state index is 5.56. The van der Waals surface area contributed by atoms with Gasteiger partial charge in [-0.1, -0.05) is 24.6 Å². The molecule has 0 aliphatic heterocycles. The molecular formula is C16H19Br2NOS. The topological polar surface area (TPSA) is 21.3 Å². The average Bonchev–Trinajstić information content (AvgIpc) is 2.79. The molecule has 1 heterocycles. The highest BCUT2D eigenvalue weighted by Crippen LogP contribution is 2.40. The Kier molecular flexibility index (Phi) is 6.29. The second kappa shape index (κ2) is 7.77. The van der Waals surface area contributed by atoms with Crippen molar-refractivity contribution in [3.05, 3.63) is 48.5 Å². The van der Waals surface area contributed by atoms with Gasteiger partial charge in [0.05, 0.1) is 16.9 Å². The molecule has 0 fully saturated rings. The number of methoxy groups -OCH3 is 1. The fraction of sp³-hybridized carbons (Fsp3) is 0.375. The zero-order chi connectivity index (χ0) is 15.4. The summed E-state index contributed by atoms with van der Waals surface area (Å²) in [5, 5.41) is 3.63. The minimum atomic E-state index is 0.146. The van der Waals surface area contributed by atoms with Crippen LogP contribution in [0.25, 0.3) is 0 Å². The van der Waals surface area contributed by atoms with Gasteiger partial charge in [0, 0.05) is 14.9 Å². The highest BCUT2D eigenvalue weighted by molar-refractivity contribution is 9.13. The number of thiophene rings is 1. The molecule has 0 aliphatic rings. The van der Waals surface area contributed by atoms with Gasteiger partial charge in [-0.2, -0.15) is 0 Å². The van der Waals surface area contributed by atoms with Crippen molar-refractivity contribution in [3.63, 3.8) is 0 Å². The summed E-state index contributed by atoms with van der Waals surface area (Å²) >= 11 is 8.91. The normalized spacial score (nSPS) is 12.4. The highest BCUT2D eigenvalue weighted by Gasteiger charge is 2.21. The number of halogens is 2. The molecule has 1 aromatic heterocycles. The van der Waals surface area contributed by atoms with Crippen LogP contribution in [0.15, 0.2) is 32.5 Å². The third-order valence-corrected chi connectivity index (χ3v) is 6.56. The first-order valence-electron chi connectivity index (χ1n) is 6.89. The van der Waals surface area contributed by atoms with Crippen LogP contribution in [0.2, 0.25) is 0 Å². The Morgan fingerprint density at radius 3 is 2.62 bits per heavy atom. The first kappa shape index (κ1) is 17.0. The van der Waals surface area contributed by atoms with Crippen LogP contribution in [0, 0.1) is 6.92 Å². The van der Waals surface area contributed by atoms with Crippen molar-refractivity contribution >= 4 is 43.2 Å². The summed E-state index contributed by atoms with van der Waals surface area (Å²) in [6.45, 7) is 5.26. The minimum absolute atomic E-state index is 0.146. The molecule has 21 heavy (non-hydrogen) atoms. The summed E-state index contributed by atoms with van der Waals surface area (Å²) in [6.07, 6.45) is 1.10. The van der Waals surface area contributed by atoms with Gasteiger partial charge in [0.1, 0.15) is 5.75 Å². The lowest BCUT2D eigenvalue weighted by Gasteiger charge is -2.20. The number of hydrogen-bond donors (Lipinski definition) is 1. The van der Waals surface area contributed by atoms with Gasteiger partial charge in [-0.25, -0.2) is 0 Å². The first-order valence-corrected chi connectivity index (χ1v) is 9.29. The van der Waals surface area contributed by atoms with Crippen molar-refractivity contribution in [2.24, 2.45) is 0 Å². The molecule has 0 radical (unpaired) electrons. The minimum Gasteiger partial charge on any atom is -0.496 e. The Morgan fingerprint density at radius 2 is 2.05 bits per heavy atom. The van der Waals surface area contributed by atoms with E-state index in [1.807, 2.05) is 6.07 Å². The second-order valence-corrected chi connectivity index (χ2v) is 8.16. The van der Waals surface area contributed by atoms with Gasteiger partial charge in [-0.05, 0) is 63.9 Å². The summed E-state index contributed by atoms with van der Waals surface area (Å²) < 4.78 is 7.77. The Labute approximate surface area is 147 Å². The highest BCUT2D eigenvalue weighted by atomic mass is 79.9. The third kappa shape index (κ3) is 4.09. The number of benzene rings is 1. The molecule has 0 saturated carbocycles. The molecule has 0 bridgehead atoms. The largest absolute Gasteiger partial charge is 0.496 e. The molecule has 0 spiro atoms. The molecule has 2 rings (SSSR count). The van der Waals surface area contributed by atoms with Crippen molar-refractivity contribution in [2.45, 2.75) is 26.3 Å². The number of hydrogen-bond acceptors (Lipinski definition) is 3. The molecule has 1 atom stereocenters. The van der Waals surface area contributed by atoms with E-state index in [1.54, 1.807) is 18.4 Å². The Hall–Kier alpha value is -0.360. The van der Waals surface area contributed by atoms with Gasteiger partial charge in [-0.15, -0.1) is 11.3 Å². The number of ether oxygens (including phenoxy) is 1. The van der Waals surface area contributed by atoms with Gasteiger partial charge in [0.25, 0.3) is 0 Å². The summed E-state index contributed by atoms with van der Waals surface area (Å²) in [5.41, 5.74) is 2.43. The van der Waals surface area contributed by atoms with Crippen molar-refractivity contribution in [1.82, 2.24) is 5.32 Å². The number of nitrogens with one attached hydrogen (secondary N) is 1. The number of aryl methyl sites for hydroxylation is 1. The van der Waals surface area contributed by atoms with E-state index in [2.05, 4.69) is 69.2 Å². The van der Waals surface area contributed by atoms with E-state index in [1.165, 1.54) is 16.0 Å². The van der Waals surface area contributed by atoms with E-state index in [-0.39, 0.29) is 6.04 Å². The Morgan fingerprint density at radius 1 is 1.29 bits per heavy atom. The monoisotopic (exact) mass is 431 g/mol. The summed E-state index contributed by atoms with van der Waals surface area (Å²) in [7, 11) is 1.73. The lowest BCUT2D eigenvalue weighted by atomic mass is 10.0. The van der Waals surface area contributed by atoms with Crippen LogP contribution >= 0.6 is 43.2 Å². The van der Waals surface area contributed by atoms with E-state index in [0.717, 1.165) is 27.0 Å². The van der Waals surface area contributed by atoms with Crippen molar-refractivity contribution in [3.8, 4) is 5.75 Å². The Balaban J connectivity index is 2.47. The SMILES string of the molecule is CCCNC(c1cc(Br)c(Br)s1)c1cc(C)ccc1OC. The van der Waals surface area contributed by atoms with E-state index in [4.69, 9.17) is 4.74 Å². The van der Waals surface area contributed by atoms with Crippen molar-refractivity contribution in [1.29, 1.82) is 0 Å². The van der Waals surface area contributed by atoms with Gasteiger partial charge < -0.3 is 10.1 Å². The zero-order valence-corrected chi connectivity index (χ0v) is 16.4. The van der Waals surface area contributed by atoms with Crippen LogP contribution in [-0.4, -0.2) is 13.7 Å². The molecule has 1 unspecified atom stereocenters. The molecule has 0 amide bonds. The van der Waals surface area contributed by atoms with Gasteiger partial charge >= 0.3 is 0 Å². The van der Waals surface area contributed by atoms with E-state index in [9.17, 15) is 0 Å². The van der Waals surface area contributed by atoms with Gasteiger partial charge in [-0.3, -0.25) is 0 Å². The summed E-state index contributed by atoms with van der Waals surface area (Å²) in [6, 6.07) is 8.65. The summed E-state index contributed by atoms with van der Waals surface area (Å²) in [5.74, 6) is 0.926. The molecule has 1 aromatic carbocycles.